The molecule has 0 bridgehead atoms. The first-order valence-corrected chi connectivity index (χ1v) is 10.5. The number of nitrogens with zero attached hydrogens (tertiary/aromatic N) is 1. The average Bonchev–Trinajstić information content (AvgIpc) is 3.23. The van der Waals surface area contributed by atoms with Gasteiger partial charge in [0.2, 0.25) is 0 Å². The third-order valence-electron chi connectivity index (χ3n) is 3.39. The fourth-order valence-corrected chi connectivity index (χ4v) is 5.95. The van der Waals surface area contributed by atoms with E-state index in [1.54, 1.807) is 23.5 Å². The summed E-state index contributed by atoms with van der Waals surface area (Å²) in [5.74, 6) is 0.280. The van der Waals surface area contributed by atoms with Crippen LogP contribution in [0.15, 0.2) is 42.5 Å². The van der Waals surface area contributed by atoms with Crippen molar-refractivity contribution >= 4 is 59.1 Å². The molecule has 4 aromatic rings. The van der Waals surface area contributed by atoms with Gasteiger partial charge in [0.15, 0.2) is 0 Å². The van der Waals surface area contributed by atoms with Gasteiger partial charge in [0.25, 0.3) is 0 Å². The van der Waals surface area contributed by atoms with E-state index in [0.717, 1.165) is 10.1 Å². The van der Waals surface area contributed by atoms with Crippen molar-refractivity contribution < 1.29 is 5.11 Å². The molecule has 0 aliphatic carbocycles. The second-order valence-corrected chi connectivity index (χ2v) is 9.78. The van der Waals surface area contributed by atoms with Gasteiger partial charge in [-0.25, -0.2) is 0 Å². The van der Waals surface area contributed by atoms with Crippen LogP contribution >= 0.6 is 22.7 Å². The van der Waals surface area contributed by atoms with Gasteiger partial charge in [0.1, 0.15) is 0 Å². The molecule has 0 aliphatic heterocycles. The molecule has 1 N–H and O–H groups in total. The van der Waals surface area contributed by atoms with Crippen LogP contribution in [0.1, 0.15) is 14.3 Å². The number of benzene rings is 1. The van der Waals surface area contributed by atoms with E-state index in [1.165, 1.54) is 23.8 Å². The molecule has 0 radical (unpaired) electrons. The number of aryl methyl sites for hydroxylation is 1. The molecule has 0 spiro atoms. The molecule has 0 saturated carbocycles. The molecule has 0 fully saturated rings. The molecule has 114 valence electrons. The summed E-state index contributed by atoms with van der Waals surface area (Å²) in [6, 6.07) is 14.1. The molecule has 0 unspecified atom stereocenters. The maximum absolute atomic E-state index is 9.53. The second kappa shape index (κ2) is 6.10. The van der Waals surface area contributed by atoms with Gasteiger partial charge in [0, 0.05) is 0 Å². The van der Waals surface area contributed by atoms with Crippen molar-refractivity contribution in [1.29, 1.82) is 0 Å². The van der Waals surface area contributed by atoms with Crippen LogP contribution in [0.25, 0.3) is 31.7 Å². The van der Waals surface area contributed by atoms with Crippen LogP contribution in [-0.4, -0.2) is 24.6 Å². The Morgan fingerprint density at radius 2 is 1.83 bits per heavy atom. The Morgan fingerprint density at radius 3 is 2.65 bits per heavy atom. The number of aromatic hydroxyl groups is 1. The molecule has 5 heteroatoms. The van der Waals surface area contributed by atoms with E-state index in [4.69, 9.17) is 0 Å². The molecular weight excluding hydrogens is 389 g/mol. The van der Waals surface area contributed by atoms with E-state index in [9.17, 15) is 5.11 Å². The number of fused-ring (bicyclic) bond motifs is 1. The van der Waals surface area contributed by atoms with Crippen LogP contribution < -0.4 is 0 Å². The quantitative estimate of drug-likeness (QED) is 0.474. The minimum atomic E-state index is 0.227. The molecule has 4 rings (SSSR count). The number of aromatic nitrogens is 1. The Balaban J connectivity index is 1.59. The van der Waals surface area contributed by atoms with Gasteiger partial charge < -0.3 is 0 Å². The summed E-state index contributed by atoms with van der Waals surface area (Å²) >= 11 is 3.86. The van der Waals surface area contributed by atoms with E-state index in [1.807, 2.05) is 17.4 Å². The molecule has 23 heavy (non-hydrogen) atoms. The monoisotopic (exact) mass is 403 g/mol. The fourth-order valence-electron chi connectivity index (χ4n) is 2.30. The number of hydrogen-bond acceptors (Lipinski definition) is 4. The third-order valence-corrected chi connectivity index (χ3v) is 7.74. The summed E-state index contributed by atoms with van der Waals surface area (Å²) < 4.78 is 2.33. The van der Waals surface area contributed by atoms with Gasteiger partial charge in [-0.2, -0.15) is 0 Å². The van der Waals surface area contributed by atoms with Crippen molar-refractivity contribution in [1.82, 2.24) is 4.98 Å². The van der Waals surface area contributed by atoms with Gasteiger partial charge in [-0.3, -0.25) is 0 Å². The predicted octanol–water partition coefficient (Wildman–Crippen LogP) is 5.27. The van der Waals surface area contributed by atoms with Crippen molar-refractivity contribution in [2.24, 2.45) is 0 Å². The van der Waals surface area contributed by atoms with Gasteiger partial charge in [-0.1, -0.05) is 0 Å². The van der Waals surface area contributed by atoms with Crippen molar-refractivity contribution in [2.45, 2.75) is 6.92 Å². The average molecular weight is 402 g/mol. The van der Waals surface area contributed by atoms with E-state index >= 15 is 0 Å². The number of hydrogen-bond donors (Lipinski definition) is 1. The van der Waals surface area contributed by atoms with Crippen LogP contribution in [0.4, 0.5) is 0 Å². The predicted molar refractivity (Wildman–Crippen MR) is 102 cm³/mol. The molecule has 1 aromatic carbocycles. The van der Waals surface area contributed by atoms with Crippen LogP contribution in [0.5, 0.6) is 5.75 Å². The molecule has 0 amide bonds. The Kier molecular flexibility index (Phi) is 3.95. The number of thiophene rings is 2. The van der Waals surface area contributed by atoms with E-state index in [-0.39, 0.29) is 20.3 Å². The normalized spacial score (nSPS) is 11.7. The summed E-state index contributed by atoms with van der Waals surface area (Å²) in [7, 11) is 0. The Bertz CT molecular complexity index is 1010. The molecule has 3 heterocycles. The number of phenolic OH excluding ortho intramolecular Hbond substituents is 1. The summed E-state index contributed by atoms with van der Waals surface area (Å²) in [4.78, 5) is 9.83. The SMILES string of the molecule is Cc1ccc(-c2ccc(/C=C/c3nc4cc(O)ccc4[se]3)s2)s1. The fraction of sp³-hybridized carbons (Fsp3) is 0.0556. The van der Waals surface area contributed by atoms with E-state index < -0.39 is 0 Å². The maximum atomic E-state index is 9.53. The van der Waals surface area contributed by atoms with Crippen LogP contribution in [-0.2, 0) is 0 Å². The molecule has 2 nitrogen and oxygen atoms in total. The summed E-state index contributed by atoms with van der Waals surface area (Å²) in [6.45, 7) is 2.14. The first-order chi connectivity index (χ1) is 11.2. The van der Waals surface area contributed by atoms with Gasteiger partial charge in [0.05, 0.1) is 0 Å². The van der Waals surface area contributed by atoms with Crippen molar-refractivity contribution in [3.05, 3.63) is 56.8 Å². The van der Waals surface area contributed by atoms with Crippen LogP contribution in [0.3, 0.4) is 0 Å². The third kappa shape index (κ3) is 3.19. The Morgan fingerprint density at radius 1 is 1.00 bits per heavy atom. The van der Waals surface area contributed by atoms with Crippen molar-refractivity contribution in [2.75, 3.05) is 0 Å². The van der Waals surface area contributed by atoms with Gasteiger partial charge >= 0.3 is 148 Å². The van der Waals surface area contributed by atoms with E-state index in [2.05, 4.69) is 48.3 Å². The number of phenols is 1. The van der Waals surface area contributed by atoms with Crippen molar-refractivity contribution in [3.63, 3.8) is 0 Å². The Labute approximate surface area is 148 Å². The van der Waals surface area contributed by atoms with Crippen LogP contribution in [0.2, 0.25) is 0 Å². The standard InChI is InChI=1S/C18H13NOS2Se/c1-11-2-6-15(21-11)16-7-4-13(22-16)5-9-18-19-14-10-12(20)3-8-17(14)23-18/h2-10,20H,1H3/b9-5+. The van der Waals surface area contributed by atoms with Crippen LogP contribution in [0, 0.1) is 6.92 Å². The first-order valence-electron chi connectivity index (χ1n) is 7.12. The zero-order chi connectivity index (χ0) is 15.8. The van der Waals surface area contributed by atoms with Gasteiger partial charge in [-0.05, 0) is 0 Å². The topological polar surface area (TPSA) is 33.1 Å². The first kappa shape index (κ1) is 14.9. The second-order valence-electron chi connectivity index (χ2n) is 5.15. The summed E-state index contributed by atoms with van der Waals surface area (Å²) in [5.41, 5.74) is 0.908. The summed E-state index contributed by atoms with van der Waals surface area (Å²) in [6.07, 6.45) is 4.24. The zero-order valence-electron chi connectivity index (χ0n) is 12.3. The zero-order valence-corrected chi connectivity index (χ0v) is 15.7. The van der Waals surface area contributed by atoms with Crippen molar-refractivity contribution in [3.8, 4) is 15.5 Å². The molecule has 3 aromatic heterocycles. The molecule has 0 atom stereocenters. The number of rotatable bonds is 3. The molecule has 0 aliphatic rings. The molecular formula is C18H13NOS2Se. The minimum absolute atomic E-state index is 0.227. The van der Waals surface area contributed by atoms with Gasteiger partial charge in [-0.15, -0.1) is 0 Å². The van der Waals surface area contributed by atoms with E-state index in [0.29, 0.717) is 0 Å². The summed E-state index contributed by atoms with van der Waals surface area (Å²) in [5, 5.41) is 9.53. The molecule has 0 saturated heterocycles. The Hall–Kier alpha value is -1.65.